The van der Waals surface area contributed by atoms with Crippen LogP contribution in [0.25, 0.3) is 0 Å². The van der Waals surface area contributed by atoms with E-state index < -0.39 is 5.82 Å². The van der Waals surface area contributed by atoms with Crippen molar-refractivity contribution in [2.24, 2.45) is 5.92 Å². The molecule has 108 valence electrons. The molecule has 1 atom stereocenters. The molecule has 0 unspecified atom stereocenters. The quantitative estimate of drug-likeness (QED) is 0.789. The van der Waals surface area contributed by atoms with E-state index in [1.807, 2.05) is 0 Å². The van der Waals surface area contributed by atoms with Crippen molar-refractivity contribution in [3.63, 3.8) is 0 Å². The van der Waals surface area contributed by atoms with Crippen molar-refractivity contribution >= 4 is 23.2 Å². The number of piperidine rings is 1. The minimum atomic E-state index is -0.517. The number of amides is 2. The molecule has 1 aliphatic heterocycles. The average molecular weight is 279 g/mol. The zero-order valence-corrected chi connectivity index (χ0v) is 11.3. The summed E-state index contributed by atoms with van der Waals surface area (Å²) in [5.74, 6) is -1.11. The van der Waals surface area contributed by atoms with Crippen LogP contribution in [0.5, 0.6) is 0 Å². The molecule has 1 fully saturated rings. The van der Waals surface area contributed by atoms with Gasteiger partial charge < -0.3 is 16.0 Å². The highest BCUT2D eigenvalue weighted by Gasteiger charge is 2.21. The maximum Gasteiger partial charge on any atom is 0.228 e. The Morgan fingerprint density at radius 2 is 2.15 bits per heavy atom. The van der Waals surface area contributed by atoms with Gasteiger partial charge in [-0.05, 0) is 37.6 Å². The third kappa shape index (κ3) is 3.77. The molecule has 20 heavy (non-hydrogen) atoms. The van der Waals surface area contributed by atoms with Crippen LogP contribution in [0.2, 0.25) is 0 Å². The van der Waals surface area contributed by atoms with Crippen LogP contribution >= 0.6 is 0 Å². The van der Waals surface area contributed by atoms with Crippen molar-refractivity contribution in [1.29, 1.82) is 0 Å². The van der Waals surface area contributed by atoms with Crippen LogP contribution in [-0.4, -0.2) is 24.9 Å². The fraction of sp³-hybridized carbons (Fsp3) is 0.429. The number of halogens is 1. The number of rotatable bonds is 3. The van der Waals surface area contributed by atoms with Crippen molar-refractivity contribution in [2.75, 3.05) is 23.7 Å². The van der Waals surface area contributed by atoms with Gasteiger partial charge in [-0.15, -0.1) is 0 Å². The van der Waals surface area contributed by atoms with Crippen LogP contribution in [0.15, 0.2) is 18.2 Å². The molecule has 1 aromatic rings. The molecule has 0 bridgehead atoms. The second kappa shape index (κ2) is 6.47. The minimum absolute atomic E-state index is 0.0897. The Labute approximate surface area is 116 Å². The Bertz CT molecular complexity index is 513. The molecule has 1 heterocycles. The summed E-state index contributed by atoms with van der Waals surface area (Å²) < 4.78 is 13.7. The highest BCUT2D eigenvalue weighted by molar-refractivity contribution is 5.94. The number of hydrogen-bond acceptors (Lipinski definition) is 3. The van der Waals surface area contributed by atoms with Gasteiger partial charge in [-0.1, -0.05) is 0 Å². The van der Waals surface area contributed by atoms with E-state index in [4.69, 9.17) is 0 Å². The van der Waals surface area contributed by atoms with Crippen molar-refractivity contribution in [3.05, 3.63) is 24.0 Å². The molecule has 0 saturated carbocycles. The van der Waals surface area contributed by atoms with Gasteiger partial charge >= 0.3 is 0 Å². The van der Waals surface area contributed by atoms with Gasteiger partial charge in [0.2, 0.25) is 11.8 Å². The van der Waals surface area contributed by atoms with E-state index >= 15 is 0 Å². The lowest BCUT2D eigenvalue weighted by molar-refractivity contribution is -0.120. The topological polar surface area (TPSA) is 70.2 Å². The molecule has 0 aromatic heterocycles. The van der Waals surface area contributed by atoms with Gasteiger partial charge in [0.15, 0.2) is 0 Å². The number of nitrogens with one attached hydrogen (secondary N) is 3. The van der Waals surface area contributed by atoms with E-state index in [0.29, 0.717) is 12.2 Å². The van der Waals surface area contributed by atoms with E-state index in [2.05, 4.69) is 16.0 Å². The Kier molecular flexibility index (Phi) is 4.68. The standard InChI is InChI=1S/C14H18FN3O2/c1-9(19)17-11-4-5-12(15)13(7-11)18-14(20)10-3-2-6-16-8-10/h4-5,7,10,16H,2-3,6,8H2,1H3,(H,17,19)(H,18,20)/t10-/m0/s1. The molecular formula is C14H18FN3O2. The number of hydrogen-bond donors (Lipinski definition) is 3. The van der Waals surface area contributed by atoms with Crippen molar-refractivity contribution in [2.45, 2.75) is 19.8 Å². The van der Waals surface area contributed by atoms with Gasteiger partial charge in [0.25, 0.3) is 0 Å². The molecule has 2 rings (SSSR count). The van der Waals surface area contributed by atoms with Gasteiger partial charge in [-0.3, -0.25) is 9.59 Å². The van der Waals surface area contributed by atoms with Gasteiger partial charge in [0.1, 0.15) is 5.82 Å². The molecule has 6 heteroatoms. The lowest BCUT2D eigenvalue weighted by atomic mass is 9.99. The first kappa shape index (κ1) is 14.5. The number of carbonyl (C=O) groups excluding carboxylic acids is 2. The second-order valence-electron chi connectivity index (χ2n) is 4.91. The zero-order valence-electron chi connectivity index (χ0n) is 11.3. The summed E-state index contributed by atoms with van der Waals surface area (Å²) in [7, 11) is 0. The average Bonchev–Trinajstić information content (AvgIpc) is 2.43. The van der Waals surface area contributed by atoms with E-state index in [1.165, 1.54) is 25.1 Å². The molecule has 0 radical (unpaired) electrons. The molecule has 1 saturated heterocycles. The number of benzene rings is 1. The fourth-order valence-corrected chi connectivity index (χ4v) is 2.21. The molecule has 0 spiro atoms. The molecule has 1 aromatic carbocycles. The van der Waals surface area contributed by atoms with E-state index in [1.54, 1.807) is 0 Å². The predicted octanol–water partition coefficient (Wildman–Crippen LogP) is 1.72. The van der Waals surface area contributed by atoms with Gasteiger partial charge in [0, 0.05) is 19.2 Å². The Balaban J connectivity index is 2.07. The first-order chi connectivity index (χ1) is 9.56. The summed E-state index contributed by atoms with van der Waals surface area (Å²) >= 11 is 0. The van der Waals surface area contributed by atoms with Crippen LogP contribution < -0.4 is 16.0 Å². The molecule has 5 nitrogen and oxygen atoms in total. The van der Waals surface area contributed by atoms with Gasteiger partial charge in [-0.2, -0.15) is 0 Å². The summed E-state index contributed by atoms with van der Waals surface area (Å²) in [6.45, 7) is 2.89. The third-order valence-electron chi connectivity index (χ3n) is 3.21. The van der Waals surface area contributed by atoms with E-state index in [0.717, 1.165) is 19.4 Å². The monoisotopic (exact) mass is 279 g/mol. The fourth-order valence-electron chi connectivity index (χ4n) is 2.21. The van der Waals surface area contributed by atoms with Crippen molar-refractivity contribution in [3.8, 4) is 0 Å². The van der Waals surface area contributed by atoms with Crippen LogP contribution in [0.4, 0.5) is 15.8 Å². The van der Waals surface area contributed by atoms with Crippen LogP contribution in [0.3, 0.4) is 0 Å². The predicted molar refractivity (Wildman–Crippen MR) is 74.9 cm³/mol. The van der Waals surface area contributed by atoms with E-state index in [9.17, 15) is 14.0 Å². The van der Waals surface area contributed by atoms with Crippen molar-refractivity contribution in [1.82, 2.24) is 5.32 Å². The molecule has 1 aliphatic rings. The largest absolute Gasteiger partial charge is 0.326 e. The molecule has 2 amide bonds. The Hall–Kier alpha value is -1.95. The lowest BCUT2D eigenvalue weighted by Crippen LogP contribution is -2.37. The zero-order chi connectivity index (χ0) is 14.5. The van der Waals surface area contributed by atoms with Crippen LogP contribution in [0, 0.1) is 11.7 Å². The number of carbonyl (C=O) groups is 2. The van der Waals surface area contributed by atoms with E-state index in [-0.39, 0.29) is 23.4 Å². The summed E-state index contributed by atoms with van der Waals surface area (Å²) in [5, 5.41) is 8.29. The Morgan fingerprint density at radius 1 is 1.35 bits per heavy atom. The summed E-state index contributed by atoms with van der Waals surface area (Å²) in [4.78, 5) is 23.0. The first-order valence-electron chi connectivity index (χ1n) is 6.65. The Morgan fingerprint density at radius 3 is 2.80 bits per heavy atom. The van der Waals surface area contributed by atoms with Crippen LogP contribution in [0.1, 0.15) is 19.8 Å². The van der Waals surface area contributed by atoms with Gasteiger partial charge in [-0.25, -0.2) is 4.39 Å². The normalized spacial score (nSPS) is 18.4. The maximum absolute atomic E-state index is 13.7. The maximum atomic E-state index is 13.7. The minimum Gasteiger partial charge on any atom is -0.326 e. The molecule has 0 aliphatic carbocycles. The SMILES string of the molecule is CC(=O)Nc1ccc(F)c(NC(=O)[C@H]2CCCNC2)c1. The second-order valence-corrected chi connectivity index (χ2v) is 4.91. The summed E-state index contributed by atoms with van der Waals surface area (Å²) in [6.07, 6.45) is 1.73. The third-order valence-corrected chi connectivity index (χ3v) is 3.21. The summed E-state index contributed by atoms with van der Waals surface area (Å²) in [6, 6.07) is 4.10. The highest BCUT2D eigenvalue weighted by Crippen LogP contribution is 2.21. The summed E-state index contributed by atoms with van der Waals surface area (Å²) in [5.41, 5.74) is 0.544. The lowest BCUT2D eigenvalue weighted by Gasteiger charge is -2.22. The first-order valence-corrected chi connectivity index (χ1v) is 6.65. The van der Waals surface area contributed by atoms with Gasteiger partial charge in [0.05, 0.1) is 11.6 Å². The smallest absolute Gasteiger partial charge is 0.228 e. The number of anilines is 2. The van der Waals surface area contributed by atoms with Crippen molar-refractivity contribution < 1.29 is 14.0 Å². The molecular weight excluding hydrogens is 261 g/mol. The highest BCUT2D eigenvalue weighted by atomic mass is 19.1. The van der Waals surface area contributed by atoms with Crippen LogP contribution in [-0.2, 0) is 9.59 Å². The molecule has 3 N–H and O–H groups in total.